The van der Waals surface area contributed by atoms with Crippen LogP contribution < -0.4 is 0 Å². The lowest BCUT2D eigenvalue weighted by atomic mass is 9.97. The van der Waals surface area contributed by atoms with Gasteiger partial charge in [-0.3, -0.25) is 0 Å². The van der Waals surface area contributed by atoms with Gasteiger partial charge in [-0.25, -0.2) is 0 Å². The van der Waals surface area contributed by atoms with Gasteiger partial charge in [0, 0.05) is 39.7 Å². The van der Waals surface area contributed by atoms with Gasteiger partial charge in [0.05, 0.1) is 5.52 Å². The number of allylic oxidation sites excluding steroid dienone is 2. The van der Waals surface area contributed by atoms with Crippen molar-refractivity contribution in [3.8, 4) is 16.8 Å². The van der Waals surface area contributed by atoms with Crippen LogP contribution in [0.5, 0.6) is 0 Å². The number of nitrogens with zero attached hydrogens (tertiary/aromatic N) is 1. The minimum absolute atomic E-state index is 0.985. The molecule has 0 aliphatic heterocycles. The Bertz CT molecular complexity index is 1890. The first-order valence-corrected chi connectivity index (χ1v) is 12.9. The summed E-state index contributed by atoms with van der Waals surface area (Å²) in [7, 11) is 0. The van der Waals surface area contributed by atoms with Crippen LogP contribution in [0, 0.1) is 0 Å². The molecule has 6 aromatic rings. The predicted octanol–water partition coefficient (Wildman–Crippen LogP) is 9.12. The maximum Gasteiger partial charge on any atom is 0.134 e. The van der Waals surface area contributed by atoms with Gasteiger partial charge in [0.1, 0.15) is 11.3 Å². The average molecular weight is 464 g/mol. The van der Waals surface area contributed by atoms with Crippen molar-refractivity contribution in [3.05, 3.63) is 114 Å². The standard InChI is InChI=1S/C34H25NO/c1-2-8-23-19-26(16-13-22(23)7-1)35-31-11-5-3-9-27(31)29-20-24(14-17-32(29)35)25-15-18-34-30(21-25)28-10-4-6-12-33(28)36-34/h1-4,7-10,13-21H,5-6,11-12H2. The average Bonchev–Trinajstić information content (AvgIpc) is 3.48. The fourth-order valence-electron chi connectivity index (χ4n) is 6.14. The number of hydrogen-bond acceptors (Lipinski definition) is 1. The summed E-state index contributed by atoms with van der Waals surface area (Å²) in [5, 5.41) is 5.09. The molecule has 0 spiro atoms. The normalized spacial score (nSPS) is 14.6. The number of fused-ring (bicyclic) bond motifs is 7. The molecule has 0 atom stereocenters. The summed E-state index contributed by atoms with van der Waals surface area (Å²) in [6.45, 7) is 0. The van der Waals surface area contributed by atoms with E-state index >= 15 is 0 Å². The smallest absolute Gasteiger partial charge is 0.134 e. The molecule has 8 rings (SSSR count). The molecule has 4 aromatic carbocycles. The third-order valence-electron chi connectivity index (χ3n) is 7.89. The molecule has 0 N–H and O–H groups in total. The van der Waals surface area contributed by atoms with Crippen LogP contribution in [0.25, 0.3) is 61.6 Å². The molecular weight excluding hydrogens is 438 g/mol. The zero-order valence-corrected chi connectivity index (χ0v) is 20.0. The fourth-order valence-corrected chi connectivity index (χ4v) is 6.14. The second-order valence-electron chi connectivity index (χ2n) is 9.99. The largest absolute Gasteiger partial charge is 0.460 e. The lowest BCUT2D eigenvalue weighted by molar-refractivity contribution is 0.546. The molecule has 172 valence electrons. The van der Waals surface area contributed by atoms with Crippen molar-refractivity contribution in [2.45, 2.75) is 25.7 Å². The van der Waals surface area contributed by atoms with Crippen LogP contribution in [-0.2, 0) is 12.8 Å². The Balaban J connectivity index is 1.33. The van der Waals surface area contributed by atoms with Gasteiger partial charge in [0.2, 0.25) is 0 Å². The van der Waals surface area contributed by atoms with E-state index in [2.05, 4.69) is 108 Å². The Hall–Kier alpha value is -4.30. The van der Waals surface area contributed by atoms with Crippen molar-refractivity contribution in [2.75, 3.05) is 0 Å². The summed E-state index contributed by atoms with van der Waals surface area (Å²) in [5.41, 5.74) is 9.99. The van der Waals surface area contributed by atoms with Crippen LogP contribution in [0.2, 0.25) is 0 Å². The zero-order valence-electron chi connectivity index (χ0n) is 20.0. The topological polar surface area (TPSA) is 18.1 Å². The molecule has 36 heavy (non-hydrogen) atoms. The lowest BCUT2D eigenvalue weighted by Gasteiger charge is -2.14. The highest BCUT2D eigenvalue weighted by atomic mass is 16.3. The maximum absolute atomic E-state index is 6.15. The highest BCUT2D eigenvalue weighted by Crippen LogP contribution is 2.38. The number of benzene rings is 4. The third kappa shape index (κ3) is 2.91. The summed E-state index contributed by atoms with van der Waals surface area (Å²) in [4.78, 5) is 0. The van der Waals surface area contributed by atoms with E-state index in [4.69, 9.17) is 4.42 Å². The summed E-state index contributed by atoms with van der Waals surface area (Å²) < 4.78 is 8.62. The lowest BCUT2D eigenvalue weighted by Crippen LogP contribution is -2.02. The number of rotatable bonds is 2. The molecule has 2 aliphatic rings. The van der Waals surface area contributed by atoms with Crippen molar-refractivity contribution < 1.29 is 4.42 Å². The Morgan fingerprint density at radius 2 is 1.42 bits per heavy atom. The van der Waals surface area contributed by atoms with Gasteiger partial charge in [-0.2, -0.15) is 0 Å². The van der Waals surface area contributed by atoms with Crippen LogP contribution in [0.1, 0.15) is 35.4 Å². The first-order valence-electron chi connectivity index (χ1n) is 12.9. The summed E-state index contributed by atoms with van der Waals surface area (Å²) in [6, 6.07) is 29.0. The van der Waals surface area contributed by atoms with E-state index in [9.17, 15) is 0 Å². The highest BCUT2D eigenvalue weighted by Gasteiger charge is 2.20. The SMILES string of the molecule is C1=Cc2c(oc3ccc(-c4ccc5c(c4)c4c(n5-c5ccc6ccccc6c5)CCC=C4)cc23)CC1. The molecule has 0 saturated heterocycles. The van der Waals surface area contributed by atoms with E-state index < -0.39 is 0 Å². The van der Waals surface area contributed by atoms with Crippen molar-refractivity contribution in [2.24, 2.45) is 0 Å². The first kappa shape index (κ1) is 19.9. The number of furan rings is 1. The van der Waals surface area contributed by atoms with Gasteiger partial charge in [-0.1, -0.05) is 66.8 Å². The van der Waals surface area contributed by atoms with Gasteiger partial charge in [0.25, 0.3) is 0 Å². The van der Waals surface area contributed by atoms with Crippen LogP contribution in [0.3, 0.4) is 0 Å². The van der Waals surface area contributed by atoms with Crippen molar-refractivity contribution >= 4 is 44.8 Å². The quantitative estimate of drug-likeness (QED) is 0.250. The number of aromatic nitrogens is 1. The Morgan fingerprint density at radius 3 is 2.33 bits per heavy atom. The predicted molar refractivity (Wildman–Crippen MR) is 151 cm³/mol. The van der Waals surface area contributed by atoms with Crippen LogP contribution in [0.15, 0.2) is 95.4 Å². The molecule has 0 amide bonds. The molecule has 0 unspecified atom stereocenters. The van der Waals surface area contributed by atoms with Crippen molar-refractivity contribution in [1.29, 1.82) is 0 Å². The Morgan fingerprint density at radius 1 is 0.639 bits per heavy atom. The zero-order chi connectivity index (χ0) is 23.6. The van der Waals surface area contributed by atoms with Crippen LogP contribution in [0.4, 0.5) is 0 Å². The maximum atomic E-state index is 6.15. The van der Waals surface area contributed by atoms with E-state index in [1.165, 1.54) is 60.7 Å². The van der Waals surface area contributed by atoms with Gasteiger partial charge >= 0.3 is 0 Å². The molecule has 0 fully saturated rings. The molecular formula is C34H25NO. The molecule has 0 radical (unpaired) electrons. The molecule has 2 aromatic heterocycles. The Labute approximate surface area is 209 Å². The molecule has 2 heteroatoms. The fraction of sp³-hybridized carbons (Fsp3) is 0.118. The molecule has 2 aliphatic carbocycles. The Kier molecular flexibility index (Phi) is 4.21. The van der Waals surface area contributed by atoms with E-state index in [1.54, 1.807) is 0 Å². The summed E-state index contributed by atoms with van der Waals surface area (Å²) in [5.74, 6) is 1.12. The molecule has 2 heterocycles. The molecule has 0 bridgehead atoms. The van der Waals surface area contributed by atoms with Gasteiger partial charge in [0.15, 0.2) is 0 Å². The number of hydrogen-bond donors (Lipinski definition) is 0. The minimum Gasteiger partial charge on any atom is -0.460 e. The third-order valence-corrected chi connectivity index (χ3v) is 7.89. The van der Waals surface area contributed by atoms with Crippen molar-refractivity contribution in [3.63, 3.8) is 0 Å². The minimum atomic E-state index is 0.985. The molecule has 0 saturated carbocycles. The van der Waals surface area contributed by atoms with Crippen molar-refractivity contribution in [1.82, 2.24) is 4.57 Å². The summed E-state index contributed by atoms with van der Waals surface area (Å²) >= 11 is 0. The van der Waals surface area contributed by atoms with E-state index in [0.29, 0.717) is 0 Å². The van der Waals surface area contributed by atoms with Gasteiger partial charge in [-0.15, -0.1) is 0 Å². The van der Waals surface area contributed by atoms with E-state index in [1.807, 2.05) is 0 Å². The van der Waals surface area contributed by atoms with E-state index in [0.717, 1.165) is 37.0 Å². The summed E-state index contributed by atoms with van der Waals surface area (Å²) in [6.07, 6.45) is 13.3. The highest BCUT2D eigenvalue weighted by molar-refractivity contribution is 5.98. The monoisotopic (exact) mass is 463 g/mol. The van der Waals surface area contributed by atoms with Crippen LogP contribution in [-0.4, -0.2) is 4.57 Å². The second-order valence-corrected chi connectivity index (χ2v) is 9.99. The molecule has 2 nitrogen and oxygen atoms in total. The number of aryl methyl sites for hydroxylation is 1. The van der Waals surface area contributed by atoms with Crippen LogP contribution >= 0.6 is 0 Å². The van der Waals surface area contributed by atoms with Gasteiger partial charge < -0.3 is 8.98 Å². The van der Waals surface area contributed by atoms with E-state index in [-0.39, 0.29) is 0 Å². The first-order chi connectivity index (χ1) is 17.8. The second kappa shape index (κ2) is 7.60. The van der Waals surface area contributed by atoms with Gasteiger partial charge in [-0.05, 0) is 77.6 Å².